The fourth-order valence-corrected chi connectivity index (χ4v) is 31.9. The van der Waals surface area contributed by atoms with Crippen molar-refractivity contribution in [2.45, 2.75) is 247 Å². The topological polar surface area (TPSA) is 80.3 Å². The molecular weight excluding hydrogens is 1060 g/mol. The van der Waals surface area contributed by atoms with Gasteiger partial charge in [0.25, 0.3) is 0 Å². The molecule has 0 aliphatic carbocycles. The fraction of sp³-hybridized carbons (Fsp3) is 0.815. The molecule has 0 spiro atoms. The molecule has 1 saturated heterocycles. The summed E-state index contributed by atoms with van der Waals surface area (Å²) in [6.45, 7) is 41.3. The van der Waals surface area contributed by atoms with Gasteiger partial charge in [0.05, 0.1) is 18.8 Å². The Morgan fingerprint density at radius 3 is 1.89 bits per heavy atom. The van der Waals surface area contributed by atoms with Crippen molar-refractivity contribution in [3.8, 4) is 0 Å². The molecule has 11 heteroatoms. The number of hydrogen-bond acceptors (Lipinski definition) is 7. The van der Waals surface area contributed by atoms with Gasteiger partial charge in [-0.1, -0.05) is 97.9 Å². The summed E-state index contributed by atoms with van der Waals surface area (Å²) in [6.07, 6.45) is 17.0. The summed E-state index contributed by atoms with van der Waals surface area (Å²) in [6, 6.07) is 0. The Labute approximate surface area is 421 Å². The average Bonchev–Trinajstić information content (AvgIpc) is 3.22. The summed E-state index contributed by atoms with van der Waals surface area (Å²) in [5.74, 6) is -0.415. The van der Waals surface area contributed by atoms with Gasteiger partial charge in [0.15, 0.2) is 8.32 Å². The molecule has 7 atom stereocenters. The van der Waals surface area contributed by atoms with E-state index in [9.17, 15) is 9.59 Å². The van der Waals surface area contributed by atoms with Crippen LogP contribution in [0.25, 0.3) is 0 Å². The van der Waals surface area contributed by atoms with Crippen molar-refractivity contribution in [2.24, 2.45) is 17.8 Å². The molecular formula is C54H101IO7Si2Sn. The number of carbonyl (C=O) groups excluding carboxylic acids is 2. The molecule has 1 aliphatic rings. The van der Waals surface area contributed by atoms with Crippen LogP contribution in [0.1, 0.15) is 175 Å². The standard InChI is InChI=1S/C42H74IO7Si2.3C4H9.Sn/c1-18-31(8)36-24-35(25-40(45)48-36)20-19-21-39(44)49-38(26-37(33(10)27-43)50-51(16,17)42(12,13)14)34(11)41(46-15)32(9)22-23-47-52(28(2)3,29(4)5)30(6)7;3*1-3-4-2;/h1,18-19,21-22,27-31,34-38,41H,20,23-26H2,2-17H3;3*1,3-4H2,2H3;/b18-1?,21-19+,32-22+,33-27+;;;;/t31-,34+,35-,36-,37+,38+,41+;;;;/m1..../s1. The van der Waals surface area contributed by atoms with Crippen molar-refractivity contribution in [2.75, 3.05) is 13.7 Å². The van der Waals surface area contributed by atoms with E-state index < -0.39 is 41.1 Å². The second-order valence-electron chi connectivity index (χ2n) is 22.4. The van der Waals surface area contributed by atoms with E-state index in [1.807, 2.05) is 6.08 Å². The molecule has 0 aromatic carbocycles. The maximum atomic E-state index is 13.9. The zero-order valence-corrected chi connectivity index (χ0v) is 52.4. The van der Waals surface area contributed by atoms with E-state index >= 15 is 0 Å². The van der Waals surface area contributed by atoms with E-state index in [1.165, 1.54) is 51.8 Å². The Kier molecular flexibility index (Phi) is 29.4. The van der Waals surface area contributed by atoms with Crippen molar-refractivity contribution in [1.29, 1.82) is 0 Å². The van der Waals surface area contributed by atoms with Crippen LogP contribution in [0.3, 0.4) is 0 Å². The van der Waals surface area contributed by atoms with E-state index in [4.69, 9.17) is 23.1 Å². The number of methoxy groups -OCH3 is 1. The van der Waals surface area contributed by atoms with Gasteiger partial charge in [0.1, 0.15) is 0 Å². The molecule has 378 valence electrons. The summed E-state index contributed by atoms with van der Waals surface area (Å²) < 4.78 is 41.9. The normalized spacial score (nSPS) is 20.0. The number of rotatable bonds is 31. The molecule has 0 unspecified atom stereocenters. The van der Waals surface area contributed by atoms with E-state index in [0.29, 0.717) is 42.5 Å². The average molecular weight is 1160 g/mol. The second-order valence-corrected chi connectivity index (χ2v) is 46.2. The Balaban J connectivity index is 3.44. The van der Waals surface area contributed by atoms with Crippen LogP contribution in [-0.4, -0.2) is 85.1 Å². The molecule has 1 heterocycles. The van der Waals surface area contributed by atoms with Crippen molar-refractivity contribution in [3.05, 3.63) is 43.6 Å². The number of ether oxygens (including phenoxy) is 3. The van der Waals surface area contributed by atoms with Gasteiger partial charge in [-0.3, -0.25) is 0 Å². The van der Waals surface area contributed by atoms with Crippen molar-refractivity contribution in [3.63, 3.8) is 0 Å². The minimum absolute atomic E-state index is 0.00987. The number of carbonyl (C=O) groups is 2. The molecule has 7 nitrogen and oxygen atoms in total. The van der Waals surface area contributed by atoms with Crippen molar-refractivity contribution in [1.82, 2.24) is 0 Å². The summed E-state index contributed by atoms with van der Waals surface area (Å²) in [4.78, 5) is 27.0. The van der Waals surface area contributed by atoms with Crippen LogP contribution in [0, 0.1) is 17.8 Å². The van der Waals surface area contributed by atoms with Crippen LogP contribution in [0.5, 0.6) is 0 Å². The summed E-state index contributed by atoms with van der Waals surface area (Å²) in [5, 5.41) is 0.00987. The SMILES string of the molecule is CCC[CH2][Sn](/[CH]=C/[C@@H](C)[C@H]1C[C@@H](C/C=C/C(=O)O[C@@H](C[C@H](O[Si](C)(C)C(C)(C)C)/C(C)=C/I)[C@H](C)[C@@H](OC)/C(C)=C/CO[Si](C(C)C)(C(C)C)C(C)C)CC(=O)O1)([CH2]CCC)[CH2]CCC. The number of halogens is 1. The molecule has 0 N–H and O–H groups in total. The third-order valence-corrected chi connectivity index (χ3v) is 41.0. The molecule has 0 aromatic heterocycles. The van der Waals surface area contributed by atoms with Crippen LogP contribution in [0.4, 0.5) is 0 Å². The van der Waals surface area contributed by atoms with Crippen LogP contribution >= 0.6 is 22.6 Å². The Bertz CT molecular complexity index is 1470. The number of allylic oxidation sites excluding steroid dienone is 1. The van der Waals surface area contributed by atoms with Crippen LogP contribution in [0.2, 0.25) is 48.1 Å². The van der Waals surface area contributed by atoms with Gasteiger partial charge in [-0.25, -0.2) is 0 Å². The third-order valence-electron chi connectivity index (χ3n) is 15.3. The van der Waals surface area contributed by atoms with Gasteiger partial charge < -0.3 is 13.6 Å². The number of esters is 2. The van der Waals surface area contributed by atoms with E-state index in [-0.39, 0.29) is 53.0 Å². The van der Waals surface area contributed by atoms with Crippen LogP contribution in [-0.2, 0) is 32.7 Å². The first kappa shape index (κ1) is 62.8. The first-order valence-electron chi connectivity index (χ1n) is 25.9. The zero-order valence-electron chi connectivity index (χ0n) is 45.4. The third kappa shape index (κ3) is 20.2. The molecule has 0 radical (unpaired) electrons. The van der Waals surface area contributed by atoms with E-state index in [1.54, 1.807) is 13.2 Å². The quantitative estimate of drug-likeness (QED) is 0.0225. The van der Waals surface area contributed by atoms with Gasteiger partial charge in [-0.2, -0.15) is 0 Å². The second kappa shape index (κ2) is 30.5. The van der Waals surface area contributed by atoms with Gasteiger partial charge in [0, 0.05) is 19.4 Å². The maximum absolute atomic E-state index is 13.9. The summed E-state index contributed by atoms with van der Waals surface area (Å²) in [5.41, 5.74) is 3.66. The number of unbranched alkanes of at least 4 members (excludes halogenated alkanes) is 3. The van der Waals surface area contributed by atoms with Gasteiger partial charge in [0.2, 0.25) is 8.32 Å². The first-order valence-corrected chi connectivity index (χ1v) is 39.8. The van der Waals surface area contributed by atoms with Crippen LogP contribution < -0.4 is 0 Å². The first-order chi connectivity index (χ1) is 30.3. The Morgan fingerprint density at radius 1 is 0.892 bits per heavy atom. The Hall–Kier alpha value is -0.258. The minimum atomic E-state index is -2.47. The van der Waals surface area contributed by atoms with Crippen LogP contribution in [0.15, 0.2) is 43.6 Å². The molecule has 0 aromatic rings. The molecule has 0 saturated carbocycles. The number of hydrogen-bond donors (Lipinski definition) is 0. The zero-order chi connectivity index (χ0) is 49.8. The molecule has 0 bridgehead atoms. The number of cyclic esters (lactones) is 1. The molecule has 1 fully saturated rings. The van der Waals surface area contributed by atoms with Gasteiger partial charge in [-0.05, 0) is 63.8 Å². The van der Waals surface area contributed by atoms with Crippen molar-refractivity contribution >= 4 is 69.5 Å². The summed E-state index contributed by atoms with van der Waals surface area (Å²) in [7, 11) is -2.51. The van der Waals surface area contributed by atoms with E-state index in [2.05, 4.69) is 167 Å². The summed E-state index contributed by atoms with van der Waals surface area (Å²) >= 11 is -0.172. The van der Waals surface area contributed by atoms with Crippen molar-refractivity contribution < 1.29 is 32.7 Å². The van der Waals surface area contributed by atoms with E-state index in [0.717, 1.165) is 17.6 Å². The monoisotopic (exact) mass is 1160 g/mol. The molecule has 1 rings (SSSR count). The Morgan fingerprint density at radius 2 is 1.43 bits per heavy atom. The van der Waals surface area contributed by atoms with Gasteiger partial charge >= 0.3 is 195 Å². The molecule has 1 aliphatic heterocycles. The molecule has 65 heavy (non-hydrogen) atoms. The fourth-order valence-electron chi connectivity index (χ4n) is 10.1. The predicted molar refractivity (Wildman–Crippen MR) is 295 cm³/mol. The predicted octanol–water partition coefficient (Wildman–Crippen LogP) is 16.7. The van der Waals surface area contributed by atoms with Gasteiger partial charge in [-0.15, -0.1) is 0 Å². The molecule has 0 amide bonds.